The molecule has 1 unspecified atom stereocenters. The minimum atomic E-state index is 0.152. The Hall–Kier alpha value is -1.09. The van der Waals surface area contributed by atoms with Crippen molar-refractivity contribution in [3.05, 3.63) is 34.2 Å². The fraction of sp³-hybridized carbons (Fsp3) is 0.545. The molecule has 0 spiro atoms. The van der Waals surface area contributed by atoms with Crippen LogP contribution in [0, 0.1) is 12.8 Å². The Kier molecular flexibility index (Phi) is 2.68. The number of aromatic nitrogens is 1. The number of hydrogen-bond donors (Lipinski definition) is 1. The molecule has 2 rings (SSSR count). The van der Waals surface area contributed by atoms with E-state index in [0.717, 1.165) is 25.2 Å². The number of rotatable bonds is 2. The number of nitrogens with zero attached hydrogens (tertiary/aromatic N) is 1. The molecule has 1 aromatic heterocycles. The Labute approximate surface area is 83.8 Å². The molecule has 3 nitrogen and oxygen atoms in total. The molecule has 1 saturated heterocycles. The van der Waals surface area contributed by atoms with Crippen molar-refractivity contribution in [2.24, 2.45) is 5.92 Å². The molecule has 1 aliphatic rings. The second-order valence-corrected chi connectivity index (χ2v) is 4.01. The Morgan fingerprint density at radius 3 is 3.21 bits per heavy atom. The molecule has 2 heterocycles. The van der Waals surface area contributed by atoms with Crippen molar-refractivity contribution in [3.63, 3.8) is 0 Å². The van der Waals surface area contributed by atoms with E-state index in [9.17, 15) is 4.79 Å². The van der Waals surface area contributed by atoms with Crippen molar-refractivity contribution in [2.45, 2.75) is 19.9 Å². The fourth-order valence-electron chi connectivity index (χ4n) is 1.95. The summed E-state index contributed by atoms with van der Waals surface area (Å²) in [5.74, 6) is 0.620. The van der Waals surface area contributed by atoms with Crippen LogP contribution in [-0.2, 0) is 6.54 Å². The molecular weight excluding hydrogens is 176 g/mol. The predicted octanol–water partition coefficient (Wildman–Crippen LogP) is 0.766. The normalized spacial score (nSPS) is 21.4. The van der Waals surface area contributed by atoms with Gasteiger partial charge in [0, 0.05) is 18.3 Å². The average molecular weight is 192 g/mol. The average Bonchev–Trinajstić information content (AvgIpc) is 2.66. The lowest BCUT2D eigenvalue weighted by Crippen LogP contribution is -2.25. The molecule has 0 amide bonds. The first kappa shape index (κ1) is 9.46. The van der Waals surface area contributed by atoms with Crippen molar-refractivity contribution < 1.29 is 0 Å². The first-order valence-corrected chi connectivity index (χ1v) is 5.14. The van der Waals surface area contributed by atoms with Crippen LogP contribution >= 0.6 is 0 Å². The van der Waals surface area contributed by atoms with Crippen LogP contribution in [-0.4, -0.2) is 17.7 Å². The molecular formula is C11H16N2O. The molecule has 1 aromatic rings. The highest BCUT2D eigenvalue weighted by atomic mass is 16.1. The zero-order valence-electron chi connectivity index (χ0n) is 8.49. The van der Waals surface area contributed by atoms with Gasteiger partial charge in [0.2, 0.25) is 0 Å². The second-order valence-electron chi connectivity index (χ2n) is 4.01. The van der Waals surface area contributed by atoms with Gasteiger partial charge in [0.1, 0.15) is 0 Å². The topological polar surface area (TPSA) is 34.0 Å². The SMILES string of the molecule is Cc1cccn(CC2CCNC2)c1=O. The van der Waals surface area contributed by atoms with E-state index < -0.39 is 0 Å². The van der Waals surface area contributed by atoms with Crippen LogP contribution in [0.2, 0.25) is 0 Å². The molecule has 14 heavy (non-hydrogen) atoms. The van der Waals surface area contributed by atoms with E-state index in [1.807, 2.05) is 29.8 Å². The van der Waals surface area contributed by atoms with Gasteiger partial charge in [-0.2, -0.15) is 0 Å². The maximum absolute atomic E-state index is 11.7. The van der Waals surface area contributed by atoms with Crippen LogP contribution in [0.15, 0.2) is 23.1 Å². The van der Waals surface area contributed by atoms with Gasteiger partial charge in [0.25, 0.3) is 5.56 Å². The van der Waals surface area contributed by atoms with E-state index in [1.54, 1.807) is 0 Å². The van der Waals surface area contributed by atoms with Gasteiger partial charge in [-0.25, -0.2) is 0 Å². The fourth-order valence-corrected chi connectivity index (χ4v) is 1.95. The Morgan fingerprint density at radius 2 is 2.50 bits per heavy atom. The summed E-state index contributed by atoms with van der Waals surface area (Å²) in [6.07, 6.45) is 3.06. The molecule has 0 aromatic carbocycles. The highest BCUT2D eigenvalue weighted by Gasteiger charge is 2.15. The van der Waals surface area contributed by atoms with Gasteiger partial charge in [-0.05, 0) is 38.4 Å². The van der Waals surface area contributed by atoms with Gasteiger partial charge < -0.3 is 9.88 Å². The van der Waals surface area contributed by atoms with Crippen LogP contribution in [0.4, 0.5) is 0 Å². The zero-order valence-corrected chi connectivity index (χ0v) is 8.49. The van der Waals surface area contributed by atoms with Gasteiger partial charge in [-0.3, -0.25) is 4.79 Å². The first-order chi connectivity index (χ1) is 6.77. The summed E-state index contributed by atoms with van der Waals surface area (Å²) < 4.78 is 1.83. The summed E-state index contributed by atoms with van der Waals surface area (Å²) in [5.41, 5.74) is 0.984. The molecule has 1 atom stereocenters. The predicted molar refractivity (Wildman–Crippen MR) is 56.4 cm³/mol. The van der Waals surface area contributed by atoms with Crippen molar-refractivity contribution in [1.29, 1.82) is 0 Å². The third-order valence-corrected chi connectivity index (χ3v) is 2.83. The van der Waals surface area contributed by atoms with E-state index in [2.05, 4.69) is 5.32 Å². The van der Waals surface area contributed by atoms with Gasteiger partial charge in [-0.1, -0.05) is 6.07 Å². The third-order valence-electron chi connectivity index (χ3n) is 2.83. The monoisotopic (exact) mass is 192 g/mol. The molecule has 76 valence electrons. The summed E-state index contributed by atoms with van der Waals surface area (Å²) in [7, 11) is 0. The van der Waals surface area contributed by atoms with Crippen molar-refractivity contribution in [1.82, 2.24) is 9.88 Å². The van der Waals surface area contributed by atoms with Crippen molar-refractivity contribution in [2.75, 3.05) is 13.1 Å². The lowest BCUT2D eigenvalue weighted by molar-refractivity contribution is 0.471. The maximum atomic E-state index is 11.7. The first-order valence-electron chi connectivity index (χ1n) is 5.14. The van der Waals surface area contributed by atoms with E-state index in [0.29, 0.717) is 5.92 Å². The molecule has 1 N–H and O–H groups in total. The number of aryl methyl sites for hydroxylation is 1. The largest absolute Gasteiger partial charge is 0.316 e. The van der Waals surface area contributed by atoms with Gasteiger partial charge in [0.15, 0.2) is 0 Å². The van der Waals surface area contributed by atoms with Crippen molar-refractivity contribution in [3.8, 4) is 0 Å². The van der Waals surface area contributed by atoms with E-state index in [1.165, 1.54) is 6.42 Å². The van der Waals surface area contributed by atoms with Crippen LogP contribution in [0.3, 0.4) is 0 Å². The summed E-state index contributed by atoms with van der Waals surface area (Å²) in [5, 5.41) is 3.31. The molecule has 1 fully saturated rings. The van der Waals surface area contributed by atoms with Crippen LogP contribution in [0.1, 0.15) is 12.0 Å². The summed E-state index contributed by atoms with van der Waals surface area (Å²) in [6, 6.07) is 3.81. The number of hydrogen-bond acceptors (Lipinski definition) is 2. The summed E-state index contributed by atoms with van der Waals surface area (Å²) in [4.78, 5) is 11.7. The van der Waals surface area contributed by atoms with E-state index in [-0.39, 0.29) is 5.56 Å². The highest BCUT2D eigenvalue weighted by Crippen LogP contribution is 2.09. The van der Waals surface area contributed by atoms with E-state index in [4.69, 9.17) is 0 Å². The Balaban J connectivity index is 2.16. The zero-order chi connectivity index (χ0) is 9.97. The van der Waals surface area contributed by atoms with Crippen LogP contribution < -0.4 is 10.9 Å². The van der Waals surface area contributed by atoms with Crippen LogP contribution in [0.25, 0.3) is 0 Å². The van der Waals surface area contributed by atoms with E-state index >= 15 is 0 Å². The summed E-state index contributed by atoms with van der Waals surface area (Å²) >= 11 is 0. The quantitative estimate of drug-likeness (QED) is 0.751. The maximum Gasteiger partial charge on any atom is 0.253 e. The standard InChI is InChI=1S/C11H16N2O/c1-9-3-2-6-13(11(9)14)8-10-4-5-12-7-10/h2-3,6,10,12H,4-5,7-8H2,1H3. The minimum absolute atomic E-state index is 0.152. The van der Waals surface area contributed by atoms with Crippen molar-refractivity contribution >= 4 is 0 Å². The highest BCUT2D eigenvalue weighted by molar-refractivity contribution is 5.07. The number of nitrogens with one attached hydrogen (secondary N) is 1. The molecule has 0 saturated carbocycles. The summed E-state index contributed by atoms with van der Waals surface area (Å²) in [6.45, 7) is 4.85. The third kappa shape index (κ3) is 1.87. The molecule has 0 bridgehead atoms. The second kappa shape index (κ2) is 3.96. The number of pyridine rings is 1. The van der Waals surface area contributed by atoms with Gasteiger partial charge in [-0.15, -0.1) is 0 Å². The molecule has 0 radical (unpaired) electrons. The minimum Gasteiger partial charge on any atom is -0.316 e. The Bertz CT molecular complexity index is 364. The molecule has 3 heteroatoms. The lowest BCUT2D eigenvalue weighted by atomic mass is 10.1. The molecule has 1 aliphatic heterocycles. The van der Waals surface area contributed by atoms with Gasteiger partial charge in [0.05, 0.1) is 0 Å². The Morgan fingerprint density at radius 1 is 1.64 bits per heavy atom. The molecule has 0 aliphatic carbocycles. The smallest absolute Gasteiger partial charge is 0.253 e. The van der Waals surface area contributed by atoms with Gasteiger partial charge >= 0.3 is 0 Å². The van der Waals surface area contributed by atoms with Crippen LogP contribution in [0.5, 0.6) is 0 Å². The lowest BCUT2D eigenvalue weighted by Gasteiger charge is -2.11.